The summed E-state index contributed by atoms with van der Waals surface area (Å²) in [5.74, 6) is -0.425. The molecule has 1 heterocycles. The largest absolute Gasteiger partial charge is 0.334 e. The third-order valence-electron chi connectivity index (χ3n) is 4.68. The summed E-state index contributed by atoms with van der Waals surface area (Å²) in [4.78, 5) is 26.4. The first-order valence-corrected chi connectivity index (χ1v) is 8.61. The average molecular weight is 355 g/mol. The predicted molar refractivity (Wildman–Crippen MR) is 98.4 cm³/mol. The van der Waals surface area contributed by atoms with Crippen LogP contribution in [0.5, 0.6) is 0 Å². The number of urea groups is 1. The topological polar surface area (TPSA) is 61.4 Å². The molecular weight excluding hydrogens is 333 g/mol. The number of carbonyl (C=O) groups is 2. The van der Waals surface area contributed by atoms with Crippen molar-refractivity contribution in [2.45, 2.75) is 32.9 Å². The Kier molecular flexibility index (Phi) is 5.21. The van der Waals surface area contributed by atoms with Crippen molar-refractivity contribution in [1.82, 2.24) is 10.6 Å². The zero-order valence-electron chi connectivity index (χ0n) is 14.9. The number of aryl methyl sites for hydroxylation is 2. The van der Waals surface area contributed by atoms with E-state index >= 15 is 0 Å². The fourth-order valence-electron chi connectivity index (χ4n) is 2.96. The maximum absolute atomic E-state index is 12.9. The van der Waals surface area contributed by atoms with E-state index in [0.717, 1.165) is 16.8 Å². The summed E-state index contributed by atoms with van der Waals surface area (Å²) in [7, 11) is 0. The quantitative estimate of drug-likeness (QED) is 0.886. The molecule has 5 nitrogen and oxygen atoms in total. The minimum Gasteiger partial charge on any atom is -0.334 e. The van der Waals surface area contributed by atoms with Crippen LogP contribution in [0, 0.1) is 19.7 Å². The highest BCUT2D eigenvalue weighted by Gasteiger charge is 2.33. The van der Waals surface area contributed by atoms with Crippen molar-refractivity contribution in [1.29, 1.82) is 0 Å². The van der Waals surface area contributed by atoms with E-state index in [1.165, 1.54) is 17.7 Å². The summed E-state index contributed by atoms with van der Waals surface area (Å²) in [6.07, 6.45) is 0.565. The Morgan fingerprint density at radius 2 is 1.88 bits per heavy atom. The van der Waals surface area contributed by atoms with E-state index in [1.54, 1.807) is 17.0 Å². The fraction of sp³-hybridized carbons (Fsp3) is 0.300. The lowest BCUT2D eigenvalue weighted by Gasteiger charge is -2.18. The Balaban J connectivity index is 1.55. The lowest BCUT2D eigenvalue weighted by atomic mass is 10.1. The van der Waals surface area contributed by atoms with Crippen LogP contribution in [0.3, 0.4) is 0 Å². The summed E-state index contributed by atoms with van der Waals surface area (Å²) < 4.78 is 12.9. The molecule has 1 aliphatic rings. The van der Waals surface area contributed by atoms with Crippen molar-refractivity contribution in [2.75, 3.05) is 11.4 Å². The van der Waals surface area contributed by atoms with Gasteiger partial charge in [-0.15, -0.1) is 0 Å². The first-order valence-electron chi connectivity index (χ1n) is 8.61. The van der Waals surface area contributed by atoms with E-state index < -0.39 is 12.1 Å². The van der Waals surface area contributed by atoms with E-state index in [2.05, 4.69) is 10.6 Å². The number of anilines is 1. The van der Waals surface area contributed by atoms with E-state index in [-0.39, 0.29) is 18.3 Å². The van der Waals surface area contributed by atoms with Crippen LogP contribution in [-0.2, 0) is 11.3 Å². The molecule has 1 atom stereocenters. The van der Waals surface area contributed by atoms with Gasteiger partial charge in [0.1, 0.15) is 11.9 Å². The second-order valence-corrected chi connectivity index (χ2v) is 6.55. The SMILES string of the molecule is Cc1ccc(N2CC[C@H](NC(=O)NCc3ccc(F)cc3)C2=O)cc1C. The number of halogens is 1. The molecule has 0 radical (unpaired) electrons. The van der Waals surface area contributed by atoms with Crippen molar-refractivity contribution in [2.24, 2.45) is 0 Å². The molecule has 0 saturated carbocycles. The molecular formula is C20H22FN3O2. The minimum absolute atomic E-state index is 0.106. The van der Waals surface area contributed by atoms with Gasteiger partial charge in [0.15, 0.2) is 0 Å². The summed E-state index contributed by atoms with van der Waals surface area (Å²) >= 11 is 0. The molecule has 2 aromatic carbocycles. The molecule has 0 aliphatic carbocycles. The number of nitrogens with one attached hydrogen (secondary N) is 2. The molecule has 0 bridgehead atoms. The van der Waals surface area contributed by atoms with Gasteiger partial charge in [-0.1, -0.05) is 18.2 Å². The molecule has 136 valence electrons. The van der Waals surface area contributed by atoms with Crippen molar-refractivity contribution < 1.29 is 14.0 Å². The van der Waals surface area contributed by atoms with Crippen LogP contribution in [0.1, 0.15) is 23.1 Å². The van der Waals surface area contributed by atoms with E-state index in [4.69, 9.17) is 0 Å². The van der Waals surface area contributed by atoms with Gasteiger partial charge < -0.3 is 15.5 Å². The number of carbonyl (C=O) groups excluding carboxylic acids is 2. The van der Waals surface area contributed by atoms with Crippen molar-refractivity contribution in [3.05, 3.63) is 65.0 Å². The molecule has 2 aromatic rings. The zero-order valence-corrected chi connectivity index (χ0v) is 14.9. The summed E-state index contributed by atoms with van der Waals surface area (Å²) in [6, 6.07) is 10.9. The molecule has 2 N–H and O–H groups in total. The highest BCUT2D eigenvalue weighted by molar-refractivity contribution is 6.01. The van der Waals surface area contributed by atoms with Gasteiger partial charge >= 0.3 is 6.03 Å². The van der Waals surface area contributed by atoms with Gasteiger partial charge in [0, 0.05) is 18.8 Å². The molecule has 6 heteroatoms. The molecule has 1 fully saturated rings. The van der Waals surface area contributed by atoms with Crippen LogP contribution in [0.2, 0.25) is 0 Å². The predicted octanol–water partition coefficient (Wildman–Crippen LogP) is 3.05. The summed E-state index contributed by atoms with van der Waals surface area (Å²) in [5, 5.41) is 5.41. The highest BCUT2D eigenvalue weighted by atomic mass is 19.1. The normalized spacial score (nSPS) is 16.7. The molecule has 3 rings (SSSR count). The van der Waals surface area contributed by atoms with Gasteiger partial charge in [0.2, 0.25) is 5.91 Å². The molecule has 1 saturated heterocycles. The number of hydrogen-bond donors (Lipinski definition) is 2. The smallest absolute Gasteiger partial charge is 0.315 e. The van der Waals surface area contributed by atoms with Crippen LogP contribution in [0.4, 0.5) is 14.9 Å². The fourth-order valence-corrected chi connectivity index (χ4v) is 2.96. The molecule has 0 aromatic heterocycles. The van der Waals surface area contributed by atoms with Crippen molar-refractivity contribution >= 4 is 17.6 Å². The standard InChI is InChI=1S/C20H22FN3O2/c1-13-3-8-17(11-14(13)2)24-10-9-18(19(24)25)23-20(26)22-12-15-4-6-16(21)7-5-15/h3-8,11,18H,9-10,12H2,1-2H3,(H2,22,23,26)/t18-/m0/s1. The van der Waals surface area contributed by atoms with E-state index in [1.807, 2.05) is 32.0 Å². The lowest BCUT2D eigenvalue weighted by molar-refractivity contribution is -0.118. The second-order valence-electron chi connectivity index (χ2n) is 6.55. The Bertz CT molecular complexity index is 820. The maximum Gasteiger partial charge on any atom is 0.315 e. The Hall–Kier alpha value is -2.89. The molecule has 3 amide bonds. The Morgan fingerprint density at radius 1 is 1.15 bits per heavy atom. The summed E-state index contributed by atoms with van der Waals surface area (Å²) in [5.41, 5.74) is 3.95. The number of hydrogen-bond acceptors (Lipinski definition) is 2. The maximum atomic E-state index is 12.9. The van der Waals surface area contributed by atoms with Gasteiger partial charge in [-0.3, -0.25) is 4.79 Å². The van der Waals surface area contributed by atoms with Crippen LogP contribution in [-0.4, -0.2) is 24.5 Å². The molecule has 26 heavy (non-hydrogen) atoms. The van der Waals surface area contributed by atoms with Crippen LogP contribution in [0.15, 0.2) is 42.5 Å². The number of benzene rings is 2. The van der Waals surface area contributed by atoms with Gasteiger partial charge in [-0.25, -0.2) is 9.18 Å². The first kappa shape index (κ1) is 17.9. The van der Waals surface area contributed by atoms with Gasteiger partial charge in [0.05, 0.1) is 0 Å². The van der Waals surface area contributed by atoms with Crippen molar-refractivity contribution in [3.8, 4) is 0 Å². The highest BCUT2D eigenvalue weighted by Crippen LogP contribution is 2.24. The van der Waals surface area contributed by atoms with Gasteiger partial charge in [0.25, 0.3) is 0 Å². The number of rotatable bonds is 4. The third-order valence-corrected chi connectivity index (χ3v) is 4.68. The van der Waals surface area contributed by atoms with Gasteiger partial charge in [-0.05, 0) is 61.2 Å². The van der Waals surface area contributed by atoms with E-state index in [0.29, 0.717) is 13.0 Å². The van der Waals surface area contributed by atoms with Crippen molar-refractivity contribution in [3.63, 3.8) is 0 Å². The number of nitrogens with zero attached hydrogens (tertiary/aromatic N) is 1. The minimum atomic E-state index is -0.537. The van der Waals surface area contributed by atoms with Crippen LogP contribution in [0.25, 0.3) is 0 Å². The zero-order chi connectivity index (χ0) is 18.7. The average Bonchev–Trinajstić information content (AvgIpc) is 2.97. The lowest BCUT2D eigenvalue weighted by Crippen LogP contribution is -2.45. The Morgan fingerprint density at radius 3 is 2.58 bits per heavy atom. The molecule has 1 aliphatic heterocycles. The first-order chi connectivity index (χ1) is 12.4. The van der Waals surface area contributed by atoms with Crippen LogP contribution < -0.4 is 15.5 Å². The molecule has 0 unspecified atom stereocenters. The van der Waals surface area contributed by atoms with Gasteiger partial charge in [-0.2, -0.15) is 0 Å². The molecule has 0 spiro atoms. The summed E-state index contributed by atoms with van der Waals surface area (Å²) in [6.45, 7) is 4.89. The third kappa shape index (κ3) is 4.02. The monoisotopic (exact) mass is 355 g/mol. The Labute approximate surface area is 152 Å². The van der Waals surface area contributed by atoms with Crippen LogP contribution >= 0.6 is 0 Å². The number of amides is 3. The van der Waals surface area contributed by atoms with E-state index in [9.17, 15) is 14.0 Å². The second kappa shape index (κ2) is 7.56.